The van der Waals surface area contributed by atoms with Crippen molar-refractivity contribution in [3.63, 3.8) is 0 Å². The molecule has 6 nitrogen and oxygen atoms in total. The summed E-state index contributed by atoms with van der Waals surface area (Å²) in [4.78, 5) is 11.9. The molecule has 0 saturated carbocycles. The van der Waals surface area contributed by atoms with E-state index in [9.17, 15) is 4.79 Å². The van der Waals surface area contributed by atoms with Gasteiger partial charge < -0.3 is 24.1 Å². The number of hydrogen-bond donors (Lipinski definition) is 1. The van der Waals surface area contributed by atoms with Crippen LogP contribution in [-0.4, -0.2) is 37.6 Å². The summed E-state index contributed by atoms with van der Waals surface area (Å²) in [5, 5.41) is 3.29. The summed E-state index contributed by atoms with van der Waals surface area (Å²) in [6, 6.07) is 3.60. The van der Waals surface area contributed by atoms with Crippen LogP contribution in [0, 0.1) is 0 Å². The van der Waals surface area contributed by atoms with E-state index in [-0.39, 0.29) is 6.54 Å². The molecule has 1 N–H and O–H groups in total. The fraction of sp³-hybridized carbons (Fsp3) is 0.588. The van der Waals surface area contributed by atoms with Crippen LogP contribution < -0.4 is 15.5 Å². The van der Waals surface area contributed by atoms with Crippen LogP contribution in [0.25, 0.3) is 0 Å². The van der Waals surface area contributed by atoms with Crippen molar-refractivity contribution < 1.29 is 23.6 Å². The van der Waals surface area contributed by atoms with Gasteiger partial charge in [0.05, 0.1) is 11.7 Å². The van der Waals surface area contributed by atoms with Crippen molar-refractivity contribution in [1.29, 1.82) is 0 Å². The second kappa shape index (κ2) is 6.38. The Balaban J connectivity index is 1.80. The van der Waals surface area contributed by atoms with Gasteiger partial charge in [0.2, 0.25) is 0 Å². The summed E-state index contributed by atoms with van der Waals surface area (Å²) < 4.78 is 23.2. The number of ether oxygens (including phenoxy) is 2. The number of halogens is 1. The van der Waals surface area contributed by atoms with Gasteiger partial charge in [0.1, 0.15) is 18.0 Å². The molecule has 1 atom stereocenters. The van der Waals surface area contributed by atoms with E-state index in [1.807, 2.05) is 40.7 Å². The van der Waals surface area contributed by atoms with Gasteiger partial charge in [0, 0.05) is 22.6 Å². The van der Waals surface area contributed by atoms with Crippen LogP contribution in [0.3, 0.4) is 0 Å². The van der Waals surface area contributed by atoms with Gasteiger partial charge in [0.15, 0.2) is 0 Å². The summed E-state index contributed by atoms with van der Waals surface area (Å²) in [6.07, 6.45) is -0.935. The Bertz CT molecular complexity index is 688. The van der Waals surface area contributed by atoms with Gasteiger partial charge in [-0.2, -0.15) is 0 Å². The molecule has 1 amide bonds. The highest BCUT2D eigenvalue weighted by molar-refractivity contribution is 6.65. The number of rotatable bonds is 2. The summed E-state index contributed by atoms with van der Waals surface area (Å²) in [5.74, 6) is 0.703. The molecule has 3 rings (SSSR count). The molecule has 2 heterocycles. The largest absolute Gasteiger partial charge is 0.499 e. The van der Waals surface area contributed by atoms with Crippen LogP contribution in [0.15, 0.2) is 12.1 Å². The van der Waals surface area contributed by atoms with Crippen molar-refractivity contribution in [3.05, 3.63) is 22.7 Å². The highest BCUT2D eigenvalue weighted by Crippen LogP contribution is 2.37. The van der Waals surface area contributed by atoms with Crippen LogP contribution in [0.1, 0.15) is 46.3 Å². The van der Waals surface area contributed by atoms with Crippen LogP contribution in [0.5, 0.6) is 5.75 Å². The first kappa shape index (κ1) is 18.4. The minimum atomic E-state index is -0.577. The van der Waals surface area contributed by atoms with Crippen LogP contribution >= 0.6 is 11.6 Å². The van der Waals surface area contributed by atoms with Crippen molar-refractivity contribution in [2.45, 2.75) is 51.9 Å². The van der Waals surface area contributed by atoms with Crippen molar-refractivity contribution in [3.8, 4) is 5.75 Å². The molecular weight excluding hydrogens is 344 g/mol. The zero-order chi connectivity index (χ0) is 18.4. The summed E-state index contributed by atoms with van der Waals surface area (Å²) in [6.45, 7) is 9.96. The highest BCUT2D eigenvalue weighted by atomic mass is 35.5. The zero-order valence-corrected chi connectivity index (χ0v) is 15.9. The molecule has 136 valence electrons. The first-order valence-electron chi connectivity index (χ1n) is 8.31. The average molecular weight is 368 g/mol. The highest BCUT2D eigenvalue weighted by Gasteiger charge is 2.46. The Morgan fingerprint density at radius 1 is 1.44 bits per heavy atom. The summed E-state index contributed by atoms with van der Waals surface area (Å²) in [5.41, 5.74) is 0.529. The van der Waals surface area contributed by atoms with Crippen LogP contribution in [-0.2, 0) is 14.0 Å². The van der Waals surface area contributed by atoms with E-state index in [1.54, 1.807) is 6.07 Å². The SMILES string of the molecule is CC(C)(C)OC(=O)NC[C@@H]1OB2OC(C)(C)COc3ccc(Cl)c1c32. The lowest BCUT2D eigenvalue weighted by molar-refractivity contribution is 0.0250. The topological polar surface area (TPSA) is 66.0 Å². The maximum Gasteiger partial charge on any atom is 0.499 e. The van der Waals surface area contributed by atoms with Crippen LogP contribution in [0.4, 0.5) is 4.79 Å². The molecule has 0 spiro atoms. The van der Waals surface area contributed by atoms with E-state index in [0.717, 1.165) is 11.0 Å². The van der Waals surface area contributed by atoms with E-state index < -0.39 is 30.5 Å². The zero-order valence-electron chi connectivity index (χ0n) is 15.1. The molecule has 2 aliphatic rings. The molecule has 2 aliphatic heterocycles. The van der Waals surface area contributed by atoms with Gasteiger partial charge in [0.25, 0.3) is 0 Å². The van der Waals surface area contributed by atoms with E-state index in [0.29, 0.717) is 17.4 Å². The second-order valence-electron chi connectivity index (χ2n) is 7.88. The van der Waals surface area contributed by atoms with Gasteiger partial charge in [-0.1, -0.05) is 11.6 Å². The first-order chi connectivity index (χ1) is 11.6. The number of carbonyl (C=O) groups excluding carboxylic acids is 1. The Hall–Kier alpha value is -1.44. The van der Waals surface area contributed by atoms with Gasteiger partial charge in [-0.05, 0) is 46.8 Å². The summed E-state index contributed by atoms with van der Waals surface area (Å²) >= 11 is 6.39. The molecule has 0 fully saturated rings. The third kappa shape index (κ3) is 4.05. The molecule has 0 saturated heterocycles. The van der Waals surface area contributed by atoms with Crippen LogP contribution in [0.2, 0.25) is 5.02 Å². The standard InChI is InChI=1S/C17H23BClNO5/c1-16(2,3)23-15(21)20-8-12-13-10(19)6-7-11-14(13)18(24-12)25-17(4,5)9-22-11/h6-7,12H,8-9H2,1-5H3,(H,20,21)/t12-/m0/s1. The molecule has 0 aliphatic carbocycles. The number of carbonyl (C=O) groups is 1. The fourth-order valence-corrected chi connectivity index (χ4v) is 3.16. The maximum atomic E-state index is 11.9. The number of amides is 1. The molecule has 0 unspecified atom stereocenters. The maximum absolute atomic E-state index is 11.9. The summed E-state index contributed by atoms with van der Waals surface area (Å²) in [7, 11) is -0.577. The Morgan fingerprint density at radius 2 is 2.16 bits per heavy atom. The number of benzene rings is 1. The smallest absolute Gasteiger partial charge is 0.491 e. The molecule has 0 bridgehead atoms. The lowest BCUT2D eigenvalue weighted by atomic mass is 9.77. The molecule has 1 aromatic rings. The van der Waals surface area contributed by atoms with E-state index >= 15 is 0 Å². The minimum Gasteiger partial charge on any atom is -0.491 e. The molecule has 0 radical (unpaired) electrons. The number of nitrogens with one attached hydrogen (secondary N) is 1. The third-order valence-corrected chi connectivity index (χ3v) is 4.20. The van der Waals surface area contributed by atoms with Crippen molar-refractivity contribution in [1.82, 2.24) is 5.32 Å². The van der Waals surface area contributed by atoms with Gasteiger partial charge >= 0.3 is 13.2 Å². The van der Waals surface area contributed by atoms with Gasteiger partial charge in [-0.25, -0.2) is 4.79 Å². The average Bonchev–Trinajstić information content (AvgIpc) is 2.75. The molecule has 0 aromatic heterocycles. The van der Waals surface area contributed by atoms with Crippen molar-refractivity contribution in [2.24, 2.45) is 0 Å². The lowest BCUT2D eigenvalue weighted by Gasteiger charge is -2.25. The third-order valence-electron chi connectivity index (χ3n) is 3.87. The molecular formula is C17H23BClNO5. The van der Waals surface area contributed by atoms with Crippen molar-refractivity contribution in [2.75, 3.05) is 13.2 Å². The van der Waals surface area contributed by atoms with E-state index in [1.165, 1.54) is 0 Å². The quantitative estimate of drug-likeness (QED) is 0.814. The Morgan fingerprint density at radius 3 is 2.84 bits per heavy atom. The van der Waals surface area contributed by atoms with E-state index in [2.05, 4.69) is 5.32 Å². The Kier molecular flexibility index (Phi) is 4.68. The first-order valence-corrected chi connectivity index (χ1v) is 8.69. The van der Waals surface area contributed by atoms with Gasteiger partial charge in [-0.15, -0.1) is 0 Å². The minimum absolute atomic E-state index is 0.228. The predicted molar refractivity (Wildman–Crippen MR) is 95.6 cm³/mol. The Labute approximate surface area is 153 Å². The lowest BCUT2D eigenvalue weighted by Crippen LogP contribution is -2.41. The number of hydrogen-bond acceptors (Lipinski definition) is 5. The van der Waals surface area contributed by atoms with E-state index in [4.69, 9.17) is 30.4 Å². The second-order valence-corrected chi connectivity index (χ2v) is 8.29. The normalized spacial score (nSPS) is 21.2. The molecule has 8 heteroatoms. The number of alkyl carbamates (subject to hydrolysis) is 1. The van der Waals surface area contributed by atoms with Crippen molar-refractivity contribution >= 4 is 30.3 Å². The monoisotopic (exact) mass is 367 g/mol. The molecule has 25 heavy (non-hydrogen) atoms. The van der Waals surface area contributed by atoms with Gasteiger partial charge in [-0.3, -0.25) is 0 Å². The fourth-order valence-electron chi connectivity index (χ4n) is 2.87. The predicted octanol–water partition coefficient (Wildman–Crippen LogP) is 2.82. The molecule has 1 aromatic carbocycles.